The predicted octanol–water partition coefficient (Wildman–Crippen LogP) is 6.81. The van der Waals surface area contributed by atoms with Gasteiger partial charge in [0, 0.05) is 33.7 Å². The fourth-order valence-corrected chi connectivity index (χ4v) is 6.29. The van der Waals surface area contributed by atoms with Crippen LogP contribution < -0.4 is 11.1 Å². The van der Waals surface area contributed by atoms with Crippen LogP contribution in [0.4, 0.5) is 11.4 Å². The third-order valence-electron chi connectivity index (χ3n) is 6.18. The van der Waals surface area contributed by atoms with Gasteiger partial charge < -0.3 is 11.1 Å². The van der Waals surface area contributed by atoms with Crippen LogP contribution in [-0.2, 0) is 10.2 Å². The molecule has 2 amide bonds. The molecular weight excluding hydrogens is 572 g/mol. The highest BCUT2D eigenvalue weighted by atomic mass is 35.5. The molecule has 1 aliphatic carbocycles. The van der Waals surface area contributed by atoms with Crippen LogP contribution in [0.5, 0.6) is 0 Å². The Bertz CT molecular complexity index is 1420. The van der Waals surface area contributed by atoms with Crippen molar-refractivity contribution in [1.29, 1.82) is 0 Å². The van der Waals surface area contributed by atoms with Crippen LogP contribution in [0.1, 0.15) is 33.0 Å². The Morgan fingerprint density at radius 2 is 1.64 bits per heavy atom. The van der Waals surface area contributed by atoms with E-state index in [0.717, 1.165) is 0 Å². The lowest BCUT2D eigenvalue weighted by atomic mass is 9.89. The molecule has 12 heteroatoms. The van der Waals surface area contributed by atoms with Crippen molar-refractivity contribution in [2.24, 2.45) is 5.73 Å². The van der Waals surface area contributed by atoms with Gasteiger partial charge in [-0.1, -0.05) is 64.1 Å². The van der Waals surface area contributed by atoms with Crippen molar-refractivity contribution in [3.05, 3.63) is 102 Å². The minimum Gasteiger partial charge on any atom is -0.369 e. The summed E-state index contributed by atoms with van der Waals surface area (Å²) in [4.78, 5) is 36.2. The average Bonchev–Trinajstić information content (AvgIpc) is 3.31. The van der Waals surface area contributed by atoms with Gasteiger partial charge in [-0.05, 0) is 60.0 Å². The van der Waals surface area contributed by atoms with Crippen molar-refractivity contribution in [3.8, 4) is 0 Å². The molecule has 0 aliphatic heterocycles. The fourth-order valence-electron chi connectivity index (χ4n) is 4.49. The third kappa shape index (κ3) is 4.29. The first-order valence-electron chi connectivity index (χ1n) is 10.3. The zero-order valence-corrected chi connectivity index (χ0v) is 22.1. The van der Waals surface area contributed by atoms with E-state index >= 15 is 0 Å². The molecule has 3 N–H and O–H groups in total. The molecule has 0 heterocycles. The van der Waals surface area contributed by atoms with Gasteiger partial charge in [0.05, 0.1) is 15.6 Å². The van der Waals surface area contributed by atoms with Gasteiger partial charge in [-0.2, -0.15) is 0 Å². The number of alkyl halides is 2. The number of aryl methyl sites for hydroxylation is 1. The molecule has 0 bridgehead atoms. The number of anilines is 1. The highest BCUT2D eigenvalue weighted by Crippen LogP contribution is 2.74. The maximum Gasteiger partial charge on any atom is 0.269 e. The first kappa shape index (κ1) is 26.5. The van der Waals surface area contributed by atoms with Gasteiger partial charge in [0.1, 0.15) is 9.75 Å². The first-order chi connectivity index (χ1) is 16.8. The van der Waals surface area contributed by atoms with Crippen LogP contribution in [0.15, 0.2) is 54.6 Å². The number of nitrogens with one attached hydrogen (secondary N) is 1. The molecule has 36 heavy (non-hydrogen) atoms. The topological polar surface area (TPSA) is 115 Å². The fraction of sp³-hybridized carbons (Fsp3) is 0.167. The normalized spacial score (nSPS) is 20.0. The van der Waals surface area contributed by atoms with E-state index in [-0.39, 0.29) is 22.0 Å². The Morgan fingerprint density at radius 3 is 2.19 bits per heavy atom. The molecule has 3 aromatic rings. The Labute approximate surface area is 230 Å². The maximum absolute atomic E-state index is 13.0. The number of nitro groups is 1. The molecule has 7 nitrogen and oxygen atoms in total. The molecule has 1 saturated carbocycles. The first-order valence-corrected chi connectivity index (χ1v) is 12.2. The SMILES string of the molecule is Cc1cc([N+](=O)[O-])ccc1C(=O)Nc1cc(C2(C(N)=O)C(c3cc(Cl)cc(Cl)c3)C2(Cl)Cl)ccc1Cl. The van der Waals surface area contributed by atoms with E-state index in [1.807, 2.05) is 0 Å². The summed E-state index contributed by atoms with van der Waals surface area (Å²) in [6, 6.07) is 13.1. The highest BCUT2D eigenvalue weighted by molar-refractivity contribution is 6.55. The summed E-state index contributed by atoms with van der Waals surface area (Å²) in [5.41, 5.74) is 5.71. The number of nitrogens with two attached hydrogens (primary N) is 1. The Hall–Kier alpha value is -2.55. The van der Waals surface area contributed by atoms with Gasteiger partial charge in [0.2, 0.25) is 5.91 Å². The predicted molar refractivity (Wildman–Crippen MR) is 142 cm³/mol. The number of primary amides is 1. The summed E-state index contributed by atoms with van der Waals surface area (Å²) in [6.45, 7) is 1.57. The number of nitro benzene ring substituents is 1. The van der Waals surface area contributed by atoms with Gasteiger partial charge in [-0.3, -0.25) is 19.7 Å². The molecule has 0 aromatic heterocycles. The molecule has 1 fully saturated rings. The van der Waals surface area contributed by atoms with E-state index in [1.54, 1.807) is 25.1 Å². The number of non-ortho nitro benzene ring substituents is 1. The second-order valence-electron chi connectivity index (χ2n) is 8.34. The molecule has 2 atom stereocenters. The highest BCUT2D eigenvalue weighted by Gasteiger charge is 2.80. The number of hydrogen-bond acceptors (Lipinski definition) is 4. The number of halogens is 5. The van der Waals surface area contributed by atoms with Gasteiger partial charge >= 0.3 is 0 Å². The van der Waals surface area contributed by atoms with Crippen molar-refractivity contribution in [2.45, 2.75) is 22.6 Å². The number of carbonyl (C=O) groups excluding carboxylic acids is 2. The van der Waals surface area contributed by atoms with Crippen LogP contribution in [0.3, 0.4) is 0 Å². The molecular formula is C24H16Cl5N3O4. The van der Waals surface area contributed by atoms with E-state index in [2.05, 4.69) is 5.32 Å². The Morgan fingerprint density at radius 1 is 1.00 bits per heavy atom. The van der Waals surface area contributed by atoms with Gasteiger partial charge in [-0.15, -0.1) is 0 Å². The minimum absolute atomic E-state index is 0.145. The maximum atomic E-state index is 13.0. The molecule has 2 unspecified atom stereocenters. The molecule has 186 valence electrons. The number of benzene rings is 3. The number of amides is 2. The standard InChI is InChI=1S/C24H16Cl5N3O4/c1-11-6-16(32(35)36)3-4-17(11)21(33)31-19-9-13(2-5-18(19)27)23(22(30)34)20(24(23,28)29)12-7-14(25)10-15(26)8-12/h2-10,20H,1H3,(H2,30,34)(H,31,33). The van der Waals surface area contributed by atoms with Crippen LogP contribution in [0.25, 0.3) is 0 Å². The zero-order valence-electron chi connectivity index (χ0n) is 18.3. The lowest BCUT2D eigenvalue weighted by molar-refractivity contribution is -0.384. The monoisotopic (exact) mass is 585 g/mol. The second-order valence-corrected chi connectivity index (χ2v) is 11.0. The van der Waals surface area contributed by atoms with Crippen molar-refractivity contribution in [2.75, 3.05) is 5.32 Å². The zero-order chi connectivity index (χ0) is 26.6. The van der Waals surface area contributed by atoms with Gasteiger partial charge in [0.25, 0.3) is 11.6 Å². The summed E-state index contributed by atoms with van der Waals surface area (Å²) in [5.74, 6) is -2.14. The lowest BCUT2D eigenvalue weighted by Crippen LogP contribution is -2.34. The summed E-state index contributed by atoms with van der Waals surface area (Å²) in [6.07, 6.45) is 0. The molecule has 0 spiro atoms. The number of carbonyl (C=O) groups is 2. The van der Waals surface area contributed by atoms with Crippen LogP contribution in [0.2, 0.25) is 15.1 Å². The van der Waals surface area contributed by atoms with Crippen LogP contribution in [0, 0.1) is 17.0 Å². The van der Waals surface area contributed by atoms with E-state index in [0.29, 0.717) is 26.7 Å². The van der Waals surface area contributed by atoms with E-state index in [1.165, 1.54) is 36.4 Å². The summed E-state index contributed by atoms with van der Waals surface area (Å²) < 4.78 is -1.64. The van der Waals surface area contributed by atoms with Crippen LogP contribution in [-0.4, -0.2) is 21.1 Å². The Kier molecular flexibility index (Phi) is 6.92. The summed E-state index contributed by atoms with van der Waals surface area (Å²) in [7, 11) is 0. The largest absolute Gasteiger partial charge is 0.369 e. The van der Waals surface area contributed by atoms with Gasteiger partial charge in [0.15, 0.2) is 0 Å². The number of rotatable bonds is 6. The molecule has 3 aromatic carbocycles. The lowest BCUT2D eigenvalue weighted by Gasteiger charge is -2.18. The smallest absolute Gasteiger partial charge is 0.269 e. The second kappa shape index (κ2) is 9.39. The van der Waals surface area contributed by atoms with Crippen molar-refractivity contribution < 1.29 is 14.5 Å². The molecule has 0 radical (unpaired) electrons. The van der Waals surface area contributed by atoms with E-state index in [4.69, 9.17) is 63.7 Å². The quantitative estimate of drug-likeness (QED) is 0.187. The van der Waals surface area contributed by atoms with Crippen molar-refractivity contribution >= 4 is 81.2 Å². The van der Waals surface area contributed by atoms with Crippen molar-refractivity contribution in [3.63, 3.8) is 0 Å². The number of nitrogens with zero attached hydrogens (tertiary/aromatic N) is 1. The third-order valence-corrected chi connectivity index (χ3v) is 7.98. The Balaban J connectivity index is 1.74. The summed E-state index contributed by atoms with van der Waals surface area (Å²) in [5, 5.41) is 14.5. The van der Waals surface area contributed by atoms with Crippen molar-refractivity contribution in [1.82, 2.24) is 0 Å². The summed E-state index contributed by atoms with van der Waals surface area (Å²) >= 11 is 31.9. The molecule has 4 rings (SSSR count). The van der Waals surface area contributed by atoms with E-state index in [9.17, 15) is 19.7 Å². The number of hydrogen-bond donors (Lipinski definition) is 2. The average molecular weight is 588 g/mol. The molecule has 1 aliphatic rings. The molecule has 0 saturated heterocycles. The minimum atomic E-state index is -1.64. The van der Waals surface area contributed by atoms with Gasteiger partial charge in [-0.25, -0.2) is 0 Å². The van der Waals surface area contributed by atoms with Crippen LogP contribution >= 0.6 is 58.0 Å². The van der Waals surface area contributed by atoms with E-state index < -0.39 is 32.4 Å².